The zero-order chi connectivity index (χ0) is 23.0. The Morgan fingerprint density at radius 3 is 2.39 bits per heavy atom. The molecule has 3 heterocycles. The van der Waals surface area contributed by atoms with E-state index in [1.54, 1.807) is 0 Å². The fraction of sp³-hybridized carbons (Fsp3) is 0.588. The van der Waals surface area contributed by atoms with Crippen LogP contribution in [-0.4, -0.2) is 65.3 Å². The third-order valence-corrected chi connectivity index (χ3v) is 6.21. The van der Waals surface area contributed by atoms with E-state index in [-0.39, 0.29) is 22.9 Å². The molecule has 14 heteroatoms. The van der Waals surface area contributed by atoms with Gasteiger partial charge in [-0.1, -0.05) is 0 Å². The number of anilines is 2. The van der Waals surface area contributed by atoms with Crippen LogP contribution in [0.15, 0.2) is 12.3 Å². The molecule has 1 aliphatic heterocycles. The Hall–Kier alpha value is -2.35. The van der Waals surface area contributed by atoms with Gasteiger partial charge in [-0.2, -0.15) is 13.2 Å². The van der Waals surface area contributed by atoms with E-state index in [1.807, 2.05) is 0 Å². The molecule has 0 aromatic carbocycles. The molecule has 8 nitrogen and oxygen atoms in total. The molecule has 2 aromatic rings. The minimum atomic E-state index is -4.61. The van der Waals surface area contributed by atoms with Gasteiger partial charge in [-0.3, -0.25) is 0 Å². The van der Waals surface area contributed by atoms with Crippen molar-refractivity contribution in [3.8, 4) is 0 Å². The van der Waals surface area contributed by atoms with Crippen LogP contribution in [0.3, 0.4) is 0 Å². The Morgan fingerprint density at radius 2 is 1.84 bits per heavy atom. The molecule has 1 fully saturated rings. The summed E-state index contributed by atoms with van der Waals surface area (Å²) in [6.45, 7) is 1.46. The van der Waals surface area contributed by atoms with Crippen molar-refractivity contribution in [1.82, 2.24) is 19.3 Å². The second kappa shape index (κ2) is 8.65. The van der Waals surface area contributed by atoms with E-state index in [0.29, 0.717) is 25.9 Å². The molecule has 1 aliphatic rings. The van der Waals surface area contributed by atoms with Gasteiger partial charge >= 0.3 is 6.18 Å². The average molecular weight is 468 g/mol. The molecule has 0 aliphatic carbocycles. The zero-order valence-corrected chi connectivity index (χ0v) is 17.4. The van der Waals surface area contributed by atoms with Gasteiger partial charge in [0.05, 0.1) is 6.26 Å². The van der Waals surface area contributed by atoms with Crippen LogP contribution in [0.2, 0.25) is 0 Å². The highest BCUT2D eigenvalue weighted by Gasteiger charge is 2.36. The predicted molar refractivity (Wildman–Crippen MR) is 104 cm³/mol. The first-order chi connectivity index (χ1) is 14.3. The van der Waals surface area contributed by atoms with Crippen LogP contribution in [0.1, 0.15) is 31.9 Å². The summed E-state index contributed by atoms with van der Waals surface area (Å²) in [5.74, 6) is -0.338. The Balaban J connectivity index is 1.86. The fourth-order valence-electron chi connectivity index (χ4n) is 3.14. The topological polar surface area (TPSA) is 100 Å². The SMILES string of the molecule is CC(Nc1nc(C(F)F)cc2cnc(NC3CCN(S(C)(=O)=O)CC3)nc12)C(F)(F)F. The lowest BCUT2D eigenvalue weighted by molar-refractivity contribution is -0.138. The zero-order valence-electron chi connectivity index (χ0n) is 16.6. The Morgan fingerprint density at radius 1 is 1.19 bits per heavy atom. The van der Waals surface area contributed by atoms with E-state index in [1.165, 1.54) is 10.5 Å². The molecule has 1 saturated heterocycles. The maximum absolute atomic E-state index is 13.1. The van der Waals surface area contributed by atoms with Crippen LogP contribution in [0.5, 0.6) is 0 Å². The van der Waals surface area contributed by atoms with Crippen molar-refractivity contribution in [3.05, 3.63) is 18.0 Å². The van der Waals surface area contributed by atoms with E-state index in [2.05, 4.69) is 25.6 Å². The molecule has 172 valence electrons. The summed E-state index contributed by atoms with van der Waals surface area (Å²) in [6.07, 6.45) is -4.28. The molecule has 0 bridgehead atoms. The molecule has 2 aromatic heterocycles. The highest BCUT2D eigenvalue weighted by molar-refractivity contribution is 7.88. The second-order valence-corrected chi connectivity index (χ2v) is 9.30. The molecule has 2 N–H and O–H groups in total. The first-order valence-electron chi connectivity index (χ1n) is 9.35. The van der Waals surface area contributed by atoms with Crippen molar-refractivity contribution in [2.75, 3.05) is 30.0 Å². The average Bonchev–Trinajstić information content (AvgIpc) is 2.67. The summed E-state index contributed by atoms with van der Waals surface area (Å²) in [5, 5.41) is 5.25. The van der Waals surface area contributed by atoms with Gasteiger partial charge in [0.2, 0.25) is 16.0 Å². The van der Waals surface area contributed by atoms with Gasteiger partial charge < -0.3 is 10.6 Å². The van der Waals surface area contributed by atoms with Crippen molar-refractivity contribution >= 4 is 32.7 Å². The standard InChI is InChI=1S/C17H21F5N6O2S/c1-9(17(20,21)22)24-15-13-10(7-12(26-15)14(18)19)8-23-16(27-13)25-11-3-5-28(6-4-11)31(2,29)30/h7-9,11,14H,3-6H2,1-2H3,(H,24,26)(H,23,25,27). The molecule has 0 amide bonds. The lowest BCUT2D eigenvalue weighted by Gasteiger charge is -2.30. The maximum atomic E-state index is 13.1. The number of nitrogens with one attached hydrogen (secondary N) is 2. The molecular formula is C17H21F5N6O2S. The van der Waals surface area contributed by atoms with Crippen LogP contribution in [0, 0.1) is 0 Å². The number of aromatic nitrogens is 3. The second-order valence-electron chi connectivity index (χ2n) is 7.32. The van der Waals surface area contributed by atoms with Gasteiger partial charge in [0, 0.05) is 30.7 Å². The lowest BCUT2D eigenvalue weighted by Crippen LogP contribution is -2.42. The van der Waals surface area contributed by atoms with Gasteiger partial charge in [0.15, 0.2) is 5.82 Å². The minimum absolute atomic E-state index is 0.0356. The first kappa shape index (κ1) is 23.3. The van der Waals surface area contributed by atoms with Crippen LogP contribution >= 0.6 is 0 Å². The molecule has 0 radical (unpaired) electrons. The first-order valence-corrected chi connectivity index (χ1v) is 11.2. The normalized spacial score (nSPS) is 17.8. The number of hydrogen-bond acceptors (Lipinski definition) is 7. The van der Waals surface area contributed by atoms with Gasteiger partial charge in [0.1, 0.15) is 17.3 Å². The molecule has 1 atom stereocenters. The molecule has 31 heavy (non-hydrogen) atoms. The van der Waals surface area contributed by atoms with Crippen LogP contribution < -0.4 is 10.6 Å². The Labute approximate surface area is 175 Å². The minimum Gasteiger partial charge on any atom is -0.357 e. The van der Waals surface area contributed by atoms with Crippen molar-refractivity contribution in [2.24, 2.45) is 0 Å². The van der Waals surface area contributed by atoms with Gasteiger partial charge in [0.25, 0.3) is 6.43 Å². The van der Waals surface area contributed by atoms with Gasteiger partial charge in [-0.15, -0.1) is 0 Å². The maximum Gasteiger partial charge on any atom is 0.408 e. The van der Waals surface area contributed by atoms with Crippen molar-refractivity contribution in [2.45, 2.75) is 44.5 Å². The molecule has 0 saturated carbocycles. The molecule has 3 rings (SSSR count). The number of pyridine rings is 1. The van der Waals surface area contributed by atoms with Crippen molar-refractivity contribution in [3.63, 3.8) is 0 Å². The van der Waals surface area contributed by atoms with E-state index in [9.17, 15) is 30.4 Å². The third kappa shape index (κ3) is 5.67. The van der Waals surface area contributed by atoms with Crippen LogP contribution in [-0.2, 0) is 10.0 Å². The van der Waals surface area contributed by atoms with Crippen molar-refractivity contribution < 1.29 is 30.4 Å². The summed E-state index contributed by atoms with van der Waals surface area (Å²) in [4.78, 5) is 11.9. The number of piperidine rings is 1. The summed E-state index contributed by atoms with van der Waals surface area (Å²) in [7, 11) is -3.29. The summed E-state index contributed by atoms with van der Waals surface area (Å²) in [5.41, 5.74) is -0.728. The van der Waals surface area contributed by atoms with E-state index in [4.69, 9.17) is 0 Å². The van der Waals surface area contributed by atoms with Gasteiger partial charge in [-0.25, -0.2) is 36.5 Å². The summed E-state index contributed by atoms with van der Waals surface area (Å²) < 4.78 is 89.7. The van der Waals surface area contributed by atoms with E-state index < -0.39 is 40.2 Å². The summed E-state index contributed by atoms with van der Waals surface area (Å²) >= 11 is 0. The Kier molecular flexibility index (Phi) is 6.51. The smallest absolute Gasteiger partial charge is 0.357 e. The number of alkyl halides is 5. The third-order valence-electron chi connectivity index (χ3n) is 4.91. The fourth-order valence-corrected chi connectivity index (χ4v) is 4.02. The largest absolute Gasteiger partial charge is 0.408 e. The highest BCUT2D eigenvalue weighted by atomic mass is 32.2. The Bertz CT molecular complexity index is 1040. The lowest BCUT2D eigenvalue weighted by atomic mass is 10.1. The number of halogens is 5. The number of fused-ring (bicyclic) bond motifs is 1. The number of nitrogens with zero attached hydrogens (tertiary/aromatic N) is 4. The van der Waals surface area contributed by atoms with Crippen LogP contribution in [0.4, 0.5) is 33.7 Å². The summed E-state index contributed by atoms with van der Waals surface area (Å²) in [6, 6.07) is -1.17. The highest BCUT2D eigenvalue weighted by Crippen LogP contribution is 2.30. The molecular weight excluding hydrogens is 447 g/mol. The van der Waals surface area contributed by atoms with Crippen LogP contribution in [0.25, 0.3) is 10.9 Å². The molecule has 0 spiro atoms. The van der Waals surface area contributed by atoms with E-state index >= 15 is 0 Å². The number of hydrogen-bond donors (Lipinski definition) is 2. The number of sulfonamides is 1. The number of rotatable bonds is 6. The van der Waals surface area contributed by atoms with Crippen molar-refractivity contribution in [1.29, 1.82) is 0 Å². The quantitative estimate of drug-likeness (QED) is 0.629. The monoisotopic (exact) mass is 468 g/mol. The molecule has 1 unspecified atom stereocenters. The van der Waals surface area contributed by atoms with E-state index in [0.717, 1.165) is 19.2 Å². The predicted octanol–water partition coefficient (Wildman–Crippen LogP) is 3.16. The van der Waals surface area contributed by atoms with Gasteiger partial charge in [-0.05, 0) is 25.8 Å².